The fraction of sp³-hybridized carbons (Fsp3) is 0.414. The van der Waals surface area contributed by atoms with Crippen LogP contribution in [0.15, 0.2) is 54.7 Å². The molecule has 0 saturated heterocycles. The molecule has 2 N–H and O–H groups in total. The van der Waals surface area contributed by atoms with Crippen LogP contribution in [0.1, 0.15) is 91.5 Å². The summed E-state index contributed by atoms with van der Waals surface area (Å²) >= 11 is 0. The summed E-state index contributed by atoms with van der Waals surface area (Å²) in [7, 11) is 0. The van der Waals surface area contributed by atoms with Gasteiger partial charge in [0.15, 0.2) is 0 Å². The van der Waals surface area contributed by atoms with E-state index in [4.69, 9.17) is 4.98 Å². The third-order valence-electron chi connectivity index (χ3n) is 7.75. The van der Waals surface area contributed by atoms with Crippen molar-refractivity contribution in [3.8, 4) is 0 Å². The highest BCUT2D eigenvalue weighted by molar-refractivity contribution is 5.96. The number of halogens is 2. The maximum Gasteiger partial charge on any atom is 0.255 e. The van der Waals surface area contributed by atoms with Crippen molar-refractivity contribution in [1.29, 1.82) is 0 Å². The van der Waals surface area contributed by atoms with Crippen LogP contribution >= 0.6 is 0 Å². The molecular weight excluding hydrogens is 458 g/mol. The first-order chi connectivity index (χ1) is 17.4. The van der Waals surface area contributed by atoms with E-state index in [0.29, 0.717) is 23.2 Å². The summed E-state index contributed by atoms with van der Waals surface area (Å²) in [5.41, 5.74) is 2.39. The van der Waals surface area contributed by atoms with Gasteiger partial charge in [0.05, 0.1) is 17.3 Å². The normalized spacial score (nSPS) is 18.2. The highest BCUT2D eigenvalue weighted by atomic mass is 19.1. The number of hydrogen-bond donors (Lipinski definition) is 2. The summed E-state index contributed by atoms with van der Waals surface area (Å²) in [6, 6.07) is 12.7. The topological polar surface area (TPSA) is 66.9 Å². The molecule has 0 spiro atoms. The number of aromatic nitrogens is 2. The summed E-state index contributed by atoms with van der Waals surface area (Å²) in [4.78, 5) is 23.1. The molecule has 0 radical (unpaired) electrons. The smallest absolute Gasteiger partial charge is 0.255 e. The zero-order valence-electron chi connectivity index (χ0n) is 20.6. The number of rotatable bonds is 7. The molecule has 0 aliphatic heterocycles. The van der Waals surface area contributed by atoms with Gasteiger partial charge in [-0.25, -0.2) is 18.7 Å². The standard InChI is InChI=1S/C29H32F2N4O/c1-19(20-8-12-22(30)13-9-20)33-27(36)25-18-32-28(34-24-6-2-3-7-24)35-26(25)29(16-4-5-17-29)21-10-14-23(31)15-11-21/h8-15,18-19,24H,2-7,16-17H2,1H3,(H,33,36)(H,32,34,35). The van der Waals surface area contributed by atoms with Gasteiger partial charge in [0.2, 0.25) is 5.95 Å². The Balaban J connectivity index is 1.53. The van der Waals surface area contributed by atoms with Gasteiger partial charge >= 0.3 is 0 Å². The predicted molar refractivity (Wildman–Crippen MR) is 136 cm³/mol. The minimum atomic E-state index is -0.492. The molecular formula is C29H32F2N4O. The Morgan fingerprint density at radius 2 is 1.56 bits per heavy atom. The minimum Gasteiger partial charge on any atom is -0.351 e. The highest BCUT2D eigenvalue weighted by Crippen LogP contribution is 2.47. The number of nitrogens with zero attached hydrogens (tertiary/aromatic N) is 2. The first-order valence-electron chi connectivity index (χ1n) is 12.9. The Morgan fingerprint density at radius 3 is 2.19 bits per heavy atom. The van der Waals surface area contributed by atoms with Gasteiger partial charge in [-0.05, 0) is 68.0 Å². The van der Waals surface area contributed by atoms with E-state index < -0.39 is 5.41 Å². The number of carbonyl (C=O) groups is 1. The average Bonchev–Trinajstić information content (AvgIpc) is 3.58. The average molecular weight is 491 g/mol. The molecule has 0 bridgehead atoms. The second-order valence-electron chi connectivity index (χ2n) is 10.1. The summed E-state index contributed by atoms with van der Waals surface area (Å²) in [6.07, 6.45) is 9.81. The molecule has 2 fully saturated rings. The highest BCUT2D eigenvalue weighted by Gasteiger charge is 2.42. The van der Waals surface area contributed by atoms with Crippen molar-refractivity contribution in [3.05, 3.63) is 88.7 Å². The first-order valence-corrected chi connectivity index (χ1v) is 12.9. The molecule has 1 unspecified atom stereocenters. The number of carbonyl (C=O) groups excluding carboxylic acids is 1. The molecule has 2 aliphatic rings. The fourth-order valence-electron chi connectivity index (χ4n) is 5.75. The van der Waals surface area contributed by atoms with E-state index in [1.165, 1.54) is 37.1 Å². The maximum atomic E-state index is 13.8. The number of nitrogens with one attached hydrogen (secondary N) is 2. The molecule has 5 nitrogen and oxygen atoms in total. The number of amides is 1. The van der Waals surface area contributed by atoms with Gasteiger partial charge in [0.25, 0.3) is 5.91 Å². The predicted octanol–water partition coefficient (Wildman–Crippen LogP) is 6.46. The second-order valence-corrected chi connectivity index (χ2v) is 10.1. The lowest BCUT2D eigenvalue weighted by Gasteiger charge is -2.31. The summed E-state index contributed by atoms with van der Waals surface area (Å²) in [6.45, 7) is 1.87. The Morgan fingerprint density at radius 1 is 0.944 bits per heavy atom. The van der Waals surface area contributed by atoms with Gasteiger partial charge in [0.1, 0.15) is 11.6 Å². The van der Waals surface area contributed by atoms with E-state index in [1.54, 1.807) is 18.3 Å². The first kappa shape index (κ1) is 24.3. The van der Waals surface area contributed by atoms with Crippen LogP contribution in [-0.2, 0) is 5.41 Å². The van der Waals surface area contributed by atoms with Gasteiger partial charge in [0, 0.05) is 17.7 Å². The Kier molecular flexibility index (Phi) is 6.99. The third-order valence-corrected chi connectivity index (χ3v) is 7.75. The van der Waals surface area contributed by atoms with E-state index in [-0.39, 0.29) is 23.6 Å². The molecule has 5 rings (SSSR count). The Hall–Kier alpha value is -3.35. The SMILES string of the molecule is CC(NC(=O)c1cnc(NC2CCCC2)nc1C1(c2ccc(F)cc2)CCCC1)c1ccc(F)cc1. The number of anilines is 1. The van der Waals surface area contributed by atoms with Crippen molar-refractivity contribution < 1.29 is 13.6 Å². The molecule has 7 heteroatoms. The minimum absolute atomic E-state index is 0.275. The lowest BCUT2D eigenvalue weighted by atomic mass is 9.74. The summed E-state index contributed by atoms with van der Waals surface area (Å²) < 4.78 is 27.2. The fourth-order valence-corrected chi connectivity index (χ4v) is 5.75. The van der Waals surface area contributed by atoms with E-state index in [9.17, 15) is 13.6 Å². The van der Waals surface area contributed by atoms with Crippen molar-refractivity contribution in [2.24, 2.45) is 0 Å². The second kappa shape index (κ2) is 10.3. The van der Waals surface area contributed by atoms with Gasteiger partial charge in [-0.1, -0.05) is 49.9 Å². The number of hydrogen-bond acceptors (Lipinski definition) is 4. The van der Waals surface area contributed by atoms with Crippen molar-refractivity contribution in [3.63, 3.8) is 0 Å². The molecule has 2 aliphatic carbocycles. The molecule has 36 heavy (non-hydrogen) atoms. The van der Waals surface area contributed by atoms with Gasteiger partial charge in [-0.3, -0.25) is 4.79 Å². The van der Waals surface area contributed by atoms with Crippen molar-refractivity contribution in [1.82, 2.24) is 15.3 Å². The van der Waals surface area contributed by atoms with Crippen molar-refractivity contribution >= 4 is 11.9 Å². The van der Waals surface area contributed by atoms with E-state index in [1.807, 2.05) is 19.1 Å². The lowest BCUT2D eigenvalue weighted by Crippen LogP contribution is -2.34. The van der Waals surface area contributed by atoms with Gasteiger partial charge < -0.3 is 10.6 Å². The van der Waals surface area contributed by atoms with Crippen LogP contribution in [0.3, 0.4) is 0 Å². The zero-order chi connectivity index (χ0) is 25.1. The molecule has 2 aromatic carbocycles. The third kappa shape index (κ3) is 4.97. The molecule has 1 heterocycles. The molecule has 1 aromatic heterocycles. The van der Waals surface area contributed by atoms with Crippen LogP contribution in [0.4, 0.5) is 14.7 Å². The lowest BCUT2D eigenvalue weighted by molar-refractivity contribution is 0.0936. The summed E-state index contributed by atoms with van der Waals surface area (Å²) in [5, 5.41) is 6.52. The van der Waals surface area contributed by atoms with Crippen LogP contribution in [0.2, 0.25) is 0 Å². The quantitative estimate of drug-likeness (QED) is 0.399. The van der Waals surface area contributed by atoms with E-state index in [0.717, 1.165) is 49.7 Å². The van der Waals surface area contributed by atoms with Crippen LogP contribution in [0, 0.1) is 11.6 Å². The van der Waals surface area contributed by atoms with E-state index in [2.05, 4.69) is 15.6 Å². The Bertz CT molecular complexity index is 1200. The van der Waals surface area contributed by atoms with Crippen LogP contribution in [-0.4, -0.2) is 21.9 Å². The Labute approximate surface area is 210 Å². The van der Waals surface area contributed by atoms with Crippen LogP contribution in [0.25, 0.3) is 0 Å². The maximum absolute atomic E-state index is 13.8. The van der Waals surface area contributed by atoms with Gasteiger partial charge in [-0.2, -0.15) is 0 Å². The van der Waals surface area contributed by atoms with Gasteiger partial charge in [-0.15, -0.1) is 0 Å². The molecule has 2 saturated carbocycles. The molecule has 188 valence electrons. The van der Waals surface area contributed by atoms with Crippen molar-refractivity contribution in [2.45, 2.75) is 75.8 Å². The van der Waals surface area contributed by atoms with Crippen LogP contribution < -0.4 is 10.6 Å². The largest absolute Gasteiger partial charge is 0.351 e. The molecule has 3 aromatic rings. The number of benzene rings is 2. The summed E-state index contributed by atoms with van der Waals surface area (Å²) in [5.74, 6) is -0.346. The molecule has 1 amide bonds. The van der Waals surface area contributed by atoms with Crippen molar-refractivity contribution in [2.75, 3.05) is 5.32 Å². The molecule has 1 atom stereocenters. The van der Waals surface area contributed by atoms with E-state index >= 15 is 0 Å². The van der Waals surface area contributed by atoms with Crippen LogP contribution in [0.5, 0.6) is 0 Å². The zero-order valence-corrected chi connectivity index (χ0v) is 20.6. The monoisotopic (exact) mass is 490 g/mol.